The van der Waals surface area contributed by atoms with E-state index >= 15 is 0 Å². The first-order valence-electron chi connectivity index (χ1n) is 5.25. The molecule has 3 heteroatoms. The minimum atomic E-state index is -0.296. The van der Waals surface area contributed by atoms with Crippen molar-refractivity contribution in [2.24, 2.45) is 0 Å². The van der Waals surface area contributed by atoms with Gasteiger partial charge in [0.25, 0.3) is 0 Å². The summed E-state index contributed by atoms with van der Waals surface area (Å²) < 4.78 is 13.2. The van der Waals surface area contributed by atoms with Gasteiger partial charge in [0.05, 0.1) is 6.61 Å². The zero-order chi connectivity index (χ0) is 11.4. The largest absolute Gasteiger partial charge is 0.392 e. The van der Waals surface area contributed by atoms with Gasteiger partial charge in [-0.1, -0.05) is 0 Å². The zero-order valence-electron chi connectivity index (χ0n) is 9.50. The molecule has 15 heavy (non-hydrogen) atoms. The smallest absolute Gasteiger partial charge is 0.125 e. The fourth-order valence-corrected chi connectivity index (χ4v) is 1.74. The molecule has 0 saturated carbocycles. The molecule has 0 radical (unpaired) electrons. The molecule has 0 aromatic heterocycles. The van der Waals surface area contributed by atoms with Crippen molar-refractivity contribution in [2.75, 3.05) is 11.4 Å². The van der Waals surface area contributed by atoms with Gasteiger partial charge in [-0.2, -0.15) is 0 Å². The Hall–Kier alpha value is -1.09. The van der Waals surface area contributed by atoms with Crippen LogP contribution in [-0.4, -0.2) is 17.7 Å². The molecule has 0 atom stereocenters. The minimum absolute atomic E-state index is 0.125. The summed E-state index contributed by atoms with van der Waals surface area (Å²) >= 11 is 0. The lowest BCUT2D eigenvalue weighted by Gasteiger charge is -2.27. The number of aliphatic hydroxyl groups excluding tert-OH is 1. The molecule has 0 fully saturated rings. The van der Waals surface area contributed by atoms with Crippen molar-refractivity contribution in [3.63, 3.8) is 0 Å². The van der Waals surface area contributed by atoms with E-state index in [0.717, 1.165) is 12.2 Å². The van der Waals surface area contributed by atoms with Gasteiger partial charge in [-0.25, -0.2) is 4.39 Å². The highest BCUT2D eigenvalue weighted by Gasteiger charge is 2.10. The van der Waals surface area contributed by atoms with Gasteiger partial charge in [0, 0.05) is 18.3 Å². The summed E-state index contributed by atoms with van der Waals surface area (Å²) in [7, 11) is 0. The number of hydrogen-bond donors (Lipinski definition) is 1. The highest BCUT2D eigenvalue weighted by molar-refractivity contribution is 5.49. The first-order valence-corrected chi connectivity index (χ1v) is 5.25. The molecule has 0 spiro atoms. The van der Waals surface area contributed by atoms with E-state index in [1.54, 1.807) is 0 Å². The highest BCUT2D eigenvalue weighted by Crippen LogP contribution is 2.20. The highest BCUT2D eigenvalue weighted by atomic mass is 19.1. The molecule has 0 heterocycles. The number of nitrogens with zero attached hydrogens (tertiary/aromatic N) is 1. The molecule has 84 valence electrons. The number of aliphatic hydroxyl groups is 1. The fraction of sp³-hybridized carbons (Fsp3) is 0.500. The maximum atomic E-state index is 13.2. The van der Waals surface area contributed by atoms with Gasteiger partial charge < -0.3 is 10.0 Å². The average molecular weight is 211 g/mol. The predicted molar refractivity (Wildman–Crippen MR) is 60.5 cm³/mol. The van der Waals surface area contributed by atoms with Crippen LogP contribution in [0.1, 0.15) is 26.3 Å². The third-order valence-electron chi connectivity index (χ3n) is 2.42. The van der Waals surface area contributed by atoms with Crippen LogP contribution in [0.25, 0.3) is 0 Å². The van der Waals surface area contributed by atoms with E-state index in [1.807, 2.05) is 13.0 Å². The van der Waals surface area contributed by atoms with Crippen molar-refractivity contribution in [3.8, 4) is 0 Å². The molecule has 1 N–H and O–H groups in total. The normalized spacial score (nSPS) is 10.8. The second kappa shape index (κ2) is 5.12. The van der Waals surface area contributed by atoms with Crippen LogP contribution in [0.15, 0.2) is 18.2 Å². The Kier molecular flexibility index (Phi) is 4.09. The van der Waals surface area contributed by atoms with E-state index in [1.165, 1.54) is 12.1 Å². The Balaban J connectivity index is 3.06. The van der Waals surface area contributed by atoms with E-state index in [4.69, 9.17) is 5.11 Å². The maximum absolute atomic E-state index is 13.2. The zero-order valence-corrected chi connectivity index (χ0v) is 9.50. The quantitative estimate of drug-likeness (QED) is 0.827. The Bertz CT molecular complexity index is 325. The topological polar surface area (TPSA) is 23.5 Å². The standard InChI is InChI=1S/C12H18FNO/c1-4-14(9(2)3)12-6-10(8-15)5-11(13)7-12/h5-7,9,15H,4,8H2,1-3H3. The van der Waals surface area contributed by atoms with E-state index < -0.39 is 0 Å². The summed E-state index contributed by atoms with van der Waals surface area (Å²) in [5.74, 6) is -0.296. The summed E-state index contributed by atoms with van der Waals surface area (Å²) in [5, 5.41) is 8.99. The average Bonchev–Trinajstić information content (AvgIpc) is 2.17. The van der Waals surface area contributed by atoms with Crippen LogP contribution < -0.4 is 4.90 Å². The van der Waals surface area contributed by atoms with Crippen LogP contribution >= 0.6 is 0 Å². The van der Waals surface area contributed by atoms with Crippen molar-refractivity contribution < 1.29 is 9.50 Å². The number of rotatable bonds is 4. The summed E-state index contributed by atoms with van der Waals surface area (Å²) in [4.78, 5) is 2.09. The lowest BCUT2D eigenvalue weighted by molar-refractivity contribution is 0.281. The number of halogens is 1. The van der Waals surface area contributed by atoms with Crippen molar-refractivity contribution in [1.82, 2.24) is 0 Å². The van der Waals surface area contributed by atoms with Crippen molar-refractivity contribution in [1.29, 1.82) is 0 Å². The van der Waals surface area contributed by atoms with Crippen molar-refractivity contribution >= 4 is 5.69 Å². The molecular weight excluding hydrogens is 193 g/mol. The van der Waals surface area contributed by atoms with Crippen LogP contribution in [-0.2, 0) is 6.61 Å². The number of anilines is 1. The summed E-state index contributed by atoms with van der Waals surface area (Å²) in [6.07, 6.45) is 0. The van der Waals surface area contributed by atoms with E-state index in [2.05, 4.69) is 18.7 Å². The van der Waals surface area contributed by atoms with Gasteiger partial charge in [-0.15, -0.1) is 0 Å². The summed E-state index contributed by atoms with van der Waals surface area (Å²) in [6.45, 7) is 6.86. The summed E-state index contributed by atoms with van der Waals surface area (Å²) in [5.41, 5.74) is 1.45. The molecule has 1 rings (SSSR count). The molecule has 1 aromatic rings. The Labute approximate surface area is 90.3 Å². The van der Waals surface area contributed by atoms with Crippen molar-refractivity contribution in [3.05, 3.63) is 29.6 Å². The second-order valence-corrected chi connectivity index (χ2v) is 3.86. The van der Waals surface area contributed by atoms with Gasteiger partial charge in [-0.05, 0) is 44.5 Å². The third-order valence-corrected chi connectivity index (χ3v) is 2.42. The molecule has 2 nitrogen and oxygen atoms in total. The molecule has 0 aliphatic rings. The molecule has 0 amide bonds. The SMILES string of the molecule is CCN(c1cc(F)cc(CO)c1)C(C)C. The van der Waals surface area contributed by atoms with E-state index in [0.29, 0.717) is 11.6 Å². The van der Waals surface area contributed by atoms with Crippen LogP contribution in [0.5, 0.6) is 0 Å². The van der Waals surface area contributed by atoms with Crippen LogP contribution in [0.4, 0.5) is 10.1 Å². The van der Waals surface area contributed by atoms with Crippen LogP contribution in [0.3, 0.4) is 0 Å². The maximum Gasteiger partial charge on any atom is 0.125 e. The molecule has 0 bridgehead atoms. The molecule has 0 aliphatic carbocycles. The number of hydrogen-bond acceptors (Lipinski definition) is 2. The van der Waals surface area contributed by atoms with Gasteiger partial charge in [0.15, 0.2) is 0 Å². The lowest BCUT2D eigenvalue weighted by atomic mass is 10.1. The van der Waals surface area contributed by atoms with Gasteiger partial charge in [0.1, 0.15) is 5.82 Å². The van der Waals surface area contributed by atoms with Crippen LogP contribution in [0.2, 0.25) is 0 Å². The molecule has 0 aliphatic heterocycles. The van der Waals surface area contributed by atoms with Crippen molar-refractivity contribution in [2.45, 2.75) is 33.4 Å². The lowest BCUT2D eigenvalue weighted by Crippen LogP contribution is -2.30. The Morgan fingerprint density at radius 3 is 2.47 bits per heavy atom. The van der Waals surface area contributed by atoms with Crippen LogP contribution in [0, 0.1) is 5.82 Å². The minimum Gasteiger partial charge on any atom is -0.392 e. The molecule has 0 unspecified atom stereocenters. The van der Waals surface area contributed by atoms with Gasteiger partial charge in [0.2, 0.25) is 0 Å². The molecular formula is C12H18FNO. The third kappa shape index (κ3) is 2.93. The Morgan fingerprint density at radius 1 is 1.33 bits per heavy atom. The molecule has 0 saturated heterocycles. The van der Waals surface area contributed by atoms with Gasteiger partial charge in [-0.3, -0.25) is 0 Å². The monoisotopic (exact) mass is 211 g/mol. The Morgan fingerprint density at radius 2 is 2.00 bits per heavy atom. The van der Waals surface area contributed by atoms with Gasteiger partial charge >= 0.3 is 0 Å². The first-order chi connectivity index (χ1) is 7.08. The fourth-order valence-electron chi connectivity index (χ4n) is 1.74. The number of benzene rings is 1. The first kappa shape index (κ1) is 12.0. The summed E-state index contributed by atoms with van der Waals surface area (Å²) in [6, 6.07) is 5.01. The molecule has 1 aromatic carbocycles. The van der Waals surface area contributed by atoms with E-state index in [9.17, 15) is 4.39 Å². The van der Waals surface area contributed by atoms with E-state index in [-0.39, 0.29) is 12.4 Å². The predicted octanol–water partition coefficient (Wildman–Crippen LogP) is 2.55. The second-order valence-electron chi connectivity index (χ2n) is 3.86.